The minimum Gasteiger partial charge on any atom is -0.293 e. The number of aliphatic imine (C=N–C) groups is 1. The van der Waals surface area contributed by atoms with Gasteiger partial charge in [-0.25, -0.2) is 0 Å². The third-order valence-corrected chi connectivity index (χ3v) is 0.866. The van der Waals surface area contributed by atoms with Crippen molar-refractivity contribution >= 4 is 6.21 Å². The maximum absolute atomic E-state index is 4.13. The maximum atomic E-state index is 4.13. The van der Waals surface area contributed by atoms with Crippen LogP contribution in [-0.2, 0) is 0 Å². The Morgan fingerprint density at radius 1 is 1.44 bits per heavy atom. The summed E-state index contributed by atoms with van der Waals surface area (Å²) < 4.78 is 0. The molecule has 0 fully saturated rings. The lowest BCUT2D eigenvalue weighted by Gasteiger charge is -1.83. The molecule has 0 spiro atoms. The minimum absolute atomic E-state index is 0.948. The van der Waals surface area contributed by atoms with Crippen LogP contribution in [0.25, 0.3) is 0 Å². The molecule has 0 aromatic carbocycles. The number of hydrogen-bond donors (Lipinski definition) is 0. The van der Waals surface area contributed by atoms with Gasteiger partial charge in [-0.05, 0) is 26.3 Å². The molecule has 0 N–H and O–H groups in total. The highest BCUT2D eigenvalue weighted by atomic mass is 14.7. The van der Waals surface area contributed by atoms with E-state index in [1.807, 2.05) is 12.3 Å². The van der Waals surface area contributed by atoms with Gasteiger partial charge in [0.2, 0.25) is 0 Å². The van der Waals surface area contributed by atoms with Crippen LogP contribution in [0.15, 0.2) is 16.6 Å². The van der Waals surface area contributed by atoms with Crippen LogP contribution in [0.5, 0.6) is 0 Å². The van der Waals surface area contributed by atoms with Gasteiger partial charge in [0.25, 0.3) is 0 Å². The largest absolute Gasteiger partial charge is 0.293 e. The molecule has 0 aromatic rings. The van der Waals surface area contributed by atoms with Gasteiger partial charge in [0.15, 0.2) is 0 Å². The highest BCUT2D eigenvalue weighted by Gasteiger charge is 1.71. The molecule has 9 heavy (non-hydrogen) atoms. The van der Waals surface area contributed by atoms with Gasteiger partial charge in [0.1, 0.15) is 0 Å². The minimum atomic E-state index is 0.948. The van der Waals surface area contributed by atoms with Crippen LogP contribution in [0.3, 0.4) is 0 Å². The number of allylic oxidation sites excluding steroid dienone is 2. The van der Waals surface area contributed by atoms with E-state index in [-0.39, 0.29) is 0 Å². The van der Waals surface area contributed by atoms with E-state index in [0.29, 0.717) is 0 Å². The molecule has 0 aliphatic rings. The molecular weight excluding hydrogens is 110 g/mol. The van der Waals surface area contributed by atoms with Gasteiger partial charge < -0.3 is 0 Å². The molecule has 0 atom stereocenters. The topological polar surface area (TPSA) is 12.4 Å². The van der Waals surface area contributed by atoms with Gasteiger partial charge in [-0.3, -0.25) is 4.99 Å². The van der Waals surface area contributed by atoms with Crippen LogP contribution in [0.1, 0.15) is 27.2 Å². The summed E-state index contributed by atoms with van der Waals surface area (Å²) in [6.07, 6.45) is 5.03. The molecule has 52 valence electrons. The van der Waals surface area contributed by atoms with Crippen LogP contribution in [0.2, 0.25) is 0 Å². The maximum Gasteiger partial charge on any atom is 0.0386 e. The summed E-state index contributed by atoms with van der Waals surface area (Å²) in [6.45, 7) is 7.21. The quantitative estimate of drug-likeness (QED) is 0.514. The molecule has 0 aliphatic carbocycles. The lowest BCUT2D eigenvalue weighted by molar-refractivity contribution is 0.937. The highest BCUT2D eigenvalue weighted by molar-refractivity contribution is 5.71. The van der Waals surface area contributed by atoms with E-state index in [0.717, 1.165) is 13.0 Å². The van der Waals surface area contributed by atoms with Gasteiger partial charge >= 0.3 is 0 Å². The predicted molar refractivity (Wildman–Crippen MR) is 43.1 cm³/mol. The SMILES string of the molecule is CCCN=CC=C(C)C. The van der Waals surface area contributed by atoms with E-state index in [1.165, 1.54) is 5.57 Å². The van der Waals surface area contributed by atoms with Crippen molar-refractivity contribution in [2.45, 2.75) is 27.2 Å². The second-order valence-electron chi connectivity index (χ2n) is 2.30. The molecule has 0 saturated heterocycles. The molecular formula is C8H15N. The Bertz CT molecular complexity index is 108. The Balaban J connectivity index is 3.35. The normalized spacial score (nSPS) is 10.1. The fraction of sp³-hybridized carbons (Fsp3) is 0.625. The Morgan fingerprint density at radius 2 is 2.11 bits per heavy atom. The second-order valence-corrected chi connectivity index (χ2v) is 2.30. The van der Waals surface area contributed by atoms with Gasteiger partial charge in [-0.1, -0.05) is 12.5 Å². The van der Waals surface area contributed by atoms with E-state index in [1.54, 1.807) is 0 Å². The van der Waals surface area contributed by atoms with Gasteiger partial charge in [0, 0.05) is 12.8 Å². The Hall–Kier alpha value is -0.590. The first-order valence-corrected chi connectivity index (χ1v) is 3.40. The van der Waals surface area contributed by atoms with E-state index >= 15 is 0 Å². The van der Waals surface area contributed by atoms with Crippen molar-refractivity contribution < 1.29 is 0 Å². The monoisotopic (exact) mass is 125 g/mol. The first-order chi connectivity index (χ1) is 4.27. The molecule has 0 saturated carbocycles. The zero-order chi connectivity index (χ0) is 7.11. The molecule has 0 unspecified atom stereocenters. The lowest BCUT2D eigenvalue weighted by atomic mass is 10.3. The molecule has 1 nitrogen and oxygen atoms in total. The fourth-order valence-corrected chi connectivity index (χ4v) is 0.405. The summed E-state index contributed by atoms with van der Waals surface area (Å²) in [6, 6.07) is 0. The molecule has 0 heterocycles. The third-order valence-electron chi connectivity index (χ3n) is 0.866. The Labute approximate surface area is 57.5 Å². The lowest BCUT2D eigenvalue weighted by Crippen LogP contribution is -1.75. The van der Waals surface area contributed by atoms with Crippen molar-refractivity contribution in [1.29, 1.82) is 0 Å². The summed E-state index contributed by atoms with van der Waals surface area (Å²) in [5, 5.41) is 0. The molecule has 1 heteroatoms. The number of nitrogens with zero attached hydrogens (tertiary/aromatic N) is 1. The van der Waals surface area contributed by atoms with Crippen molar-refractivity contribution in [3.63, 3.8) is 0 Å². The van der Waals surface area contributed by atoms with E-state index < -0.39 is 0 Å². The Morgan fingerprint density at radius 3 is 2.56 bits per heavy atom. The third kappa shape index (κ3) is 7.41. The average Bonchev–Trinajstić information content (AvgIpc) is 1.80. The van der Waals surface area contributed by atoms with Gasteiger partial charge in [0.05, 0.1) is 0 Å². The molecule has 0 bridgehead atoms. The fourth-order valence-electron chi connectivity index (χ4n) is 0.405. The first kappa shape index (κ1) is 8.41. The van der Waals surface area contributed by atoms with Gasteiger partial charge in [-0.15, -0.1) is 0 Å². The van der Waals surface area contributed by atoms with Crippen LogP contribution < -0.4 is 0 Å². The molecule has 0 amide bonds. The molecule has 0 radical (unpaired) electrons. The van der Waals surface area contributed by atoms with Crippen LogP contribution in [0.4, 0.5) is 0 Å². The summed E-state index contributed by atoms with van der Waals surface area (Å²) >= 11 is 0. The van der Waals surface area contributed by atoms with E-state index in [4.69, 9.17) is 0 Å². The molecule has 0 rings (SSSR count). The standard InChI is InChI=1S/C8H15N/c1-4-6-9-7-5-8(2)3/h5,7H,4,6H2,1-3H3. The van der Waals surface area contributed by atoms with Crippen molar-refractivity contribution in [2.24, 2.45) is 4.99 Å². The average molecular weight is 125 g/mol. The molecule has 0 aromatic heterocycles. The summed E-state index contributed by atoms with van der Waals surface area (Å²) in [5.41, 5.74) is 1.30. The first-order valence-electron chi connectivity index (χ1n) is 3.40. The smallest absolute Gasteiger partial charge is 0.0386 e. The zero-order valence-electron chi connectivity index (χ0n) is 6.52. The predicted octanol–water partition coefficient (Wildman–Crippen LogP) is 2.43. The van der Waals surface area contributed by atoms with Crippen LogP contribution in [0, 0.1) is 0 Å². The number of hydrogen-bond acceptors (Lipinski definition) is 1. The van der Waals surface area contributed by atoms with Crippen LogP contribution in [-0.4, -0.2) is 12.8 Å². The zero-order valence-corrected chi connectivity index (χ0v) is 6.52. The van der Waals surface area contributed by atoms with E-state index in [2.05, 4.69) is 25.8 Å². The van der Waals surface area contributed by atoms with Crippen LogP contribution >= 0.6 is 0 Å². The summed E-state index contributed by atoms with van der Waals surface area (Å²) in [4.78, 5) is 4.13. The van der Waals surface area contributed by atoms with E-state index in [9.17, 15) is 0 Å². The second kappa shape index (κ2) is 5.54. The van der Waals surface area contributed by atoms with Crippen molar-refractivity contribution in [1.82, 2.24) is 0 Å². The number of rotatable bonds is 3. The highest BCUT2D eigenvalue weighted by Crippen LogP contribution is 1.84. The Kier molecular flexibility index (Phi) is 5.18. The van der Waals surface area contributed by atoms with Crippen molar-refractivity contribution in [3.05, 3.63) is 11.6 Å². The van der Waals surface area contributed by atoms with Crippen molar-refractivity contribution in [2.75, 3.05) is 6.54 Å². The molecule has 0 aliphatic heterocycles. The van der Waals surface area contributed by atoms with Crippen molar-refractivity contribution in [3.8, 4) is 0 Å². The van der Waals surface area contributed by atoms with Gasteiger partial charge in [-0.2, -0.15) is 0 Å². The summed E-state index contributed by atoms with van der Waals surface area (Å²) in [5.74, 6) is 0. The summed E-state index contributed by atoms with van der Waals surface area (Å²) in [7, 11) is 0.